The Balaban J connectivity index is 1.56. The molecule has 2 saturated carbocycles. The fourth-order valence-electron chi connectivity index (χ4n) is 3.58. The smallest absolute Gasteiger partial charge is 0.00966 e. The van der Waals surface area contributed by atoms with Crippen molar-refractivity contribution in [2.24, 2.45) is 17.8 Å². The van der Waals surface area contributed by atoms with Gasteiger partial charge >= 0.3 is 0 Å². The highest BCUT2D eigenvalue weighted by Gasteiger charge is 2.38. The molecule has 3 atom stereocenters. The van der Waals surface area contributed by atoms with E-state index < -0.39 is 0 Å². The van der Waals surface area contributed by atoms with Crippen molar-refractivity contribution in [3.63, 3.8) is 0 Å². The first kappa shape index (κ1) is 13.1. The summed E-state index contributed by atoms with van der Waals surface area (Å²) in [6.45, 7) is 7.79. The molecular formula is C16H29N. The molecule has 0 spiro atoms. The van der Waals surface area contributed by atoms with Gasteiger partial charge in [-0.15, -0.1) is 0 Å². The summed E-state index contributed by atoms with van der Waals surface area (Å²) in [7, 11) is 0. The lowest BCUT2D eigenvalue weighted by atomic mass is 9.86. The molecule has 0 heterocycles. The van der Waals surface area contributed by atoms with Crippen molar-refractivity contribution < 1.29 is 0 Å². The van der Waals surface area contributed by atoms with Crippen LogP contribution in [0.3, 0.4) is 0 Å². The van der Waals surface area contributed by atoms with Gasteiger partial charge in [-0.2, -0.15) is 0 Å². The average Bonchev–Trinajstić information content (AvgIpc) is 2.83. The molecular weight excluding hydrogens is 206 g/mol. The fraction of sp³-hybridized carbons (Fsp3) is 0.875. The van der Waals surface area contributed by atoms with Gasteiger partial charge in [0, 0.05) is 5.54 Å². The molecule has 2 rings (SSSR count). The van der Waals surface area contributed by atoms with Crippen LogP contribution in [0.2, 0.25) is 0 Å². The van der Waals surface area contributed by atoms with Crippen molar-refractivity contribution in [2.45, 2.75) is 64.8 Å². The minimum atomic E-state index is 0.262. The topological polar surface area (TPSA) is 12.0 Å². The van der Waals surface area contributed by atoms with E-state index in [0.29, 0.717) is 0 Å². The summed E-state index contributed by atoms with van der Waals surface area (Å²) in [6.07, 6.45) is 13.5. The Morgan fingerprint density at radius 2 is 1.94 bits per heavy atom. The molecule has 1 heteroatoms. The van der Waals surface area contributed by atoms with Crippen LogP contribution in [0.1, 0.15) is 59.3 Å². The Morgan fingerprint density at radius 1 is 1.12 bits per heavy atom. The maximum Gasteiger partial charge on any atom is 0.00966 e. The van der Waals surface area contributed by atoms with Crippen LogP contribution in [0.15, 0.2) is 12.2 Å². The lowest BCUT2D eigenvalue weighted by molar-refractivity contribution is 0.336. The van der Waals surface area contributed by atoms with Crippen molar-refractivity contribution in [1.29, 1.82) is 0 Å². The van der Waals surface area contributed by atoms with E-state index in [-0.39, 0.29) is 5.54 Å². The first-order valence-corrected chi connectivity index (χ1v) is 7.44. The SMILES string of the molecule is CC(C)(C)NCCC=CCC1CC2CCC1C2. The van der Waals surface area contributed by atoms with Crippen LogP contribution in [-0.4, -0.2) is 12.1 Å². The van der Waals surface area contributed by atoms with E-state index in [1.165, 1.54) is 32.1 Å². The van der Waals surface area contributed by atoms with Crippen LogP contribution in [-0.2, 0) is 0 Å². The van der Waals surface area contributed by atoms with Gasteiger partial charge in [-0.25, -0.2) is 0 Å². The average molecular weight is 235 g/mol. The zero-order valence-electron chi connectivity index (χ0n) is 11.8. The number of hydrogen-bond acceptors (Lipinski definition) is 1. The van der Waals surface area contributed by atoms with Gasteiger partial charge in [0.05, 0.1) is 0 Å². The molecule has 2 bridgehead atoms. The molecule has 0 aromatic carbocycles. The highest BCUT2D eigenvalue weighted by atomic mass is 14.9. The third kappa shape index (κ3) is 4.13. The van der Waals surface area contributed by atoms with Crippen LogP contribution in [0.5, 0.6) is 0 Å². The Labute approximate surface area is 107 Å². The summed E-state index contributed by atoms with van der Waals surface area (Å²) in [6, 6.07) is 0. The predicted octanol–water partition coefficient (Wildman–Crippen LogP) is 4.15. The Kier molecular flexibility index (Phi) is 4.30. The number of rotatable bonds is 5. The number of fused-ring (bicyclic) bond motifs is 2. The van der Waals surface area contributed by atoms with Crippen molar-refractivity contribution in [2.75, 3.05) is 6.54 Å². The quantitative estimate of drug-likeness (QED) is 0.557. The first-order chi connectivity index (χ1) is 8.04. The van der Waals surface area contributed by atoms with Gasteiger partial charge in [0.25, 0.3) is 0 Å². The van der Waals surface area contributed by atoms with Crippen LogP contribution < -0.4 is 5.32 Å². The van der Waals surface area contributed by atoms with Crippen molar-refractivity contribution >= 4 is 0 Å². The molecule has 2 fully saturated rings. The van der Waals surface area contributed by atoms with E-state index in [9.17, 15) is 0 Å². The van der Waals surface area contributed by atoms with Gasteiger partial charge in [0.2, 0.25) is 0 Å². The third-order valence-electron chi connectivity index (χ3n) is 4.46. The third-order valence-corrected chi connectivity index (χ3v) is 4.46. The molecule has 1 nitrogen and oxygen atoms in total. The Bertz CT molecular complexity index is 261. The van der Waals surface area contributed by atoms with Crippen LogP contribution >= 0.6 is 0 Å². The molecule has 98 valence electrons. The van der Waals surface area contributed by atoms with Gasteiger partial charge in [-0.3, -0.25) is 0 Å². The van der Waals surface area contributed by atoms with Crippen LogP contribution in [0.25, 0.3) is 0 Å². The lowest BCUT2D eigenvalue weighted by Gasteiger charge is -2.20. The van der Waals surface area contributed by atoms with E-state index in [1.54, 1.807) is 6.42 Å². The van der Waals surface area contributed by atoms with Gasteiger partial charge in [0.15, 0.2) is 0 Å². The van der Waals surface area contributed by atoms with E-state index >= 15 is 0 Å². The Morgan fingerprint density at radius 3 is 2.53 bits per heavy atom. The molecule has 0 aromatic rings. The monoisotopic (exact) mass is 235 g/mol. The summed E-state index contributed by atoms with van der Waals surface area (Å²) in [5.74, 6) is 3.21. The van der Waals surface area contributed by atoms with Gasteiger partial charge < -0.3 is 5.32 Å². The fourth-order valence-corrected chi connectivity index (χ4v) is 3.58. The lowest BCUT2D eigenvalue weighted by Crippen LogP contribution is -2.36. The normalized spacial score (nSPS) is 32.8. The number of nitrogens with one attached hydrogen (secondary N) is 1. The van der Waals surface area contributed by atoms with Crippen LogP contribution in [0.4, 0.5) is 0 Å². The highest BCUT2D eigenvalue weighted by molar-refractivity contribution is 4.94. The van der Waals surface area contributed by atoms with Gasteiger partial charge in [-0.05, 0) is 77.2 Å². The minimum absolute atomic E-state index is 0.262. The largest absolute Gasteiger partial charge is 0.312 e. The molecule has 0 radical (unpaired) electrons. The molecule has 3 unspecified atom stereocenters. The van der Waals surface area contributed by atoms with Crippen LogP contribution in [0, 0.1) is 17.8 Å². The Hall–Kier alpha value is -0.300. The first-order valence-electron chi connectivity index (χ1n) is 7.44. The summed E-state index contributed by atoms with van der Waals surface area (Å²) < 4.78 is 0. The maximum atomic E-state index is 3.53. The van der Waals surface area contributed by atoms with E-state index in [4.69, 9.17) is 0 Å². The molecule has 0 amide bonds. The van der Waals surface area contributed by atoms with Gasteiger partial charge in [-0.1, -0.05) is 18.6 Å². The summed E-state index contributed by atoms with van der Waals surface area (Å²) in [4.78, 5) is 0. The molecule has 2 aliphatic carbocycles. The minimum Gasteiger partial charge on any atom is -0.312 e. The molecule has 17 heavy (non-hydrogen) atoms. The zero-order chi connectivity index (χ0) is 12.3. The second-order valence-corrected chi connectivity index (χ2v) is 7.11. The summed E-state index contributed by atoms with van der Waals surface area (Å²) in [5.41, 5.74) is 0.262. The number of hydrogen-bond donors (Lipinski definition) is 1. The molecule has 0 saturated heterocycles. The molecule has 0 aliphatic heterocycles. The van der Waals surface area contributed by atoms with Gasteiger partial charge in [0.1, 0.15) is 0 Å². The van der Waals surface area contributed by atoms with E-state index in [2.05, 4.69) is 38.2 Å². The van der Waals surface area contributed by atoms with E-state index in [1.807, 2.05) is 0 Å². The predicted molar refractivity (Wildman–Crippen MR) is 75.1 cm³/mol. The zero-order valence-corrected chi connectivity index (χ0v) is 11.8. The standard InChI is InChI=1S/C16H29N/c1-16(2,3)17-10-6-4-5-7-14-11-13-8-9-15(14)12-13/h4-5,13-15,17H,6-12H2,1-3H3. The van der Waals surface area contributed by atoms with Crippen molar-refractivity contribution in [1.82, 2.24) is 5.32 Å². The number of allylic oxidation sites excluding steroid dienone is 1. The van der Waals surface area contributed by atoms with Crippen molar-refractivity contribution in [3.05, 3.63) is 12.2 Å². The molecule has 0 aromatic heterocycles. The highest BCUT2D eigenvalue weighted by Crippen LogP contribution is 2.49. The second kappa shape index (κ2) is 5.56. The molecule has 1 N–H and O–H groups in total. The summed E-state index contributed by atoms with van der Waals surface area (Å²) >= 11 is 0. The maximum absolute atomic E-state index is 3.53. The van der Waals surface area contributed by atoms with Crippen molar-refractivity contribution in [3.8, 4) is 0 Å². The second-order valence-electron chi connectivity index (χ2n) is 7.11. The summed E-state index contributed by atoms with van der Waals surface area (Å²) in [5, 5.41) is 3.53. The van der Waals surface area contributed by atoms with E-state index in [0.717, 1.165) is 24.3 Å². The molecule has 2 aliphatic rings.